The first-order valence-corrected chi connectivity index (χ1v) is 7.09. The van der Waals surface area contributed by atoms with Crippen molar-refractivity contribution in [2.75, 3.05) is 6.54 Å². The van der Waals surface area contributed by atoms with Crippen molar-refractivity contribution in [1.82, 2.24) is 10.4 Å². The van der Waals surface area contributed by atoms with Gasteiger partial charge in [-0.3, -0.25) is 5.43 Å². The van der Waals surface area contributed by atoms with Crippen molar-refractivity contribution in [2.24, 2.45) is 5.41 Å². The van der Waals surface area contributed by atoms with E-state index in [1.807, 2.05) is 0 Å². The highest BCUT2D eigenvalue weighted by molar-refractivity contribution is 5.14. The maximum Gasteiger partial charge on any atom is 0.0353 e. The highest BCUT2D eigenvalue weighted by Crippen LogP contribution is 2.28. The first-order chi connectivity index (χ1) is 8.54. The SMILES string of the molecule is CC(C)(C)CC1CCCN1NCc1ccccc1. The molecule has 1 N–H and O–H groups in total. The summed E-state index contributed by atoms with van der Waals surface area (Å²) in [6.07, 6.45) is 3.93. The van der Waals surface area contributed by atoms with Crippen molar-refractivity contribution in [3.63, 3.8) is 0 Å². The molecule has 0 amide bonds. The van der Waals surface area contributed by atoms with Crippen LogP contribution in [0.4, 0.5) is 0 Å². The molecule has 100 valence electrons. The summed E-state index contributed by atoms with van der Waals surface area (Å²) in [7, 11) is 0. The highest BCUT2D eigenvalue weighted by atomic mass is 15.5. The molecular weight excluding hydrogens is 220 g/mol. The minimum Gasteiger partial charge on any atom is -0.251 e. The van der Waals surface area contributed by atoms with Gasteiger partial charge in [0.2, 0.25) is 0 Å². The summed E-state index contributed by atoms with van der Waals surface area (Å²) >= 11 is 0. The summed E-state index contributed by atoms with van der Waals surface area (Å²) in [5.41, 5.74) is 5.38. The molecule has 0 aromatic heterocycles. The lowest BCUT2D eigenvalue weighted by molar-refractivity contribution is 0.129. The van der Waals surface area contributed by atoms with Gasteiger partial charge in [0.1, 0.15) is 0 Å². The number of nitrogens with one attached hydrogen (secondary N) is 1. The van der Waals surface area contributed by atoms with Crippen LogP contribution in [-0.4, -0.2) is 17.6 Å². The summed E-state index contributed by atoms with van der Waals surface area (Å²) in [5.74, 6) is 0. The zero-order valence-electron chi connectivity index (χ0n) is 11.9. The van der Waals surface area contributed by atoms with E-state index in [0.717, 1.165) is 6.54 Å². The molecule has 1 aliphatic rings. The van der Waals surface area contributed by atoms with Crippen molar-refractivity contribution in [3.05, 3.63) is 35.9 Å². The lowest BCUT2D eigenvalue weighted by Gasteiger charge is -2.30. The van der Waals surface area contributed by atoms with E-state index in [1.165, 1.54) is 31.4 Å². The Kier molecular flexibility index (Phi) is 4.41. The quantitative estimate of drug-likeness (QED) is 0.873. The van der Waals surface area contributed by atoms with Gasteiger partial charge < -0.3 is 0 Å². The monoisotopic (exact) mass is 246 g/mol. The zero-order valence-corrected chi connectivity index (χ0v) is 11.9. The molecule has 1 aromatic rings. The lowest BCUT2D eigenvalue weighted by atomic mass is 9.87. The van der Waals surface area contributed by atoms with Crippen molar-refractivity contribution in [3.8, 4) is 0 Å². The fraction of sp³-hybridized carbons (Fsp3) is 0.625. The molecule has 1 heterocycles. The molecule has 1 aliphatic heterocycles. The van der Waals surface area contributed by atoms with Crippen LogP contribution in [-0.2, 0) is 6.54 Å². The first-order valence-electron chi connectivity index (χ1n) is 7.09. The molecule has 0 aliphatic carbocycles. The fourth-order valence-electron chi connectivity index (χ4n) is 2.75. The summed E-state index contributed by atoms with van der Waals surface area (Å²) < 4.78 is 0. The minimum atomic E-state index is 0.418. The second-order valence-electron chi connectivity index (χ2n) is 6.57. The normalized spacial score (nSPS) is 21.4. The number of nitrogens with zero attached hydrogens (tertiary/aromatic N) is 1. The van der Waals surface area contributed by atoms with Gasteiger partial charge >= 0.3 is 0 Å². The van der Waals surface area contributed by atoms with E-state index >= 15 is 0 Å². The number of rotatable bonds is 4. The largest absolute Gasteiger partial charge is 0.251 e. The Bertz CT molecular complexity index is 353. The second-order valence-corrected chi connectivity index (χ2v) is 6.57. The molecule has 0 saturated carbocycles. The van der Waals surface area contributed by atoms with Crippen LogP contribution in [0.5, 0.6) is 0 Å². The molecule has 0 radical (unpaired) electrons. The Morgan fingerprint density at radius 1 is 1.22 bits per heavy atom. The second kappa shape index (κ2) is 5.85. The van der Waals surface area contributed by atoms with Gasteiger partial charge in [0.05, 0.1) is 0 Å². The number of hydrazine groups is 1. The van der Waals surface area contributed by atoms with Gasteiger partial charge in [-0.1, -0.05) is 51.1 Å². The average molecular weight is 246 g/mol. The van der Waals surface area contributed by atoms with Crippen LogP contribution in [0.3, 0.4) is 0 Å². The van der Waals surface area contributed by atoms with E-state index in [4.69, 9.17) is 0 Å². The van der Waals surface area contributed by atoms with Gasteiger partial charge in [0.25, 0.3) is 0 Å². The molecule has 2 heteroatoms. The van der Waals surface area contributed by atoms with Crippen molar-refractivity contribution in [1.29, 1.82) is 0 Å². The first kappa shape index (κ1) is 13.6. The van der Waals surface area contributed by atoms with Crippen LogP contribution in [0.1, 0.15) is 45.6 Å². The molecule has 1 unspecified atom stereocenters. The Balaban J connectivity index is 1.85. The molecule has 1 saturated heterocycles. The molecule has 18 heavy (non-hydrogen) atoms. The Morgan fingerprint density at radius 3 is 2.61 bits per heavy atom. The molecule has 0 bridgehead atoms. The maximum atomic E-state index is 3.60. The third kappa shape index (κ3) is 4.11. The standard InChI is InChI=1S/C16H26N2/c1-16(2,3)12-15-10-7-11-18(15)17-13-14-8-5-4-6-9-14/h4-6,8-9,15,17H,7,10-13H2,1-3H3. The third-order valence-corrected chi connectivity index (χ3v) is 3.55. The Morgan fingerprint density at radius 2 is 1.94 bits per heavy atom. The smallest absolute Gasteiger partial charge is 0.0353 e. The fourth-order valence-corrected chi connectivity index (χ4v) is 2.75. The van der Waals surface area contributed by atoms with Crippen LogP contribution < -0.4 is 5.43 Å². The molecule has 1 fully saturated rings. The number of hydrogen-bond donors (Lipinski definition) is 1. The van der Waals surface area contributed by atoms with Crippen LogP contribution in [0.15, 0.2) is 30.3 Å². The van der Waals surface area contributed by atoms with Gasteiger partial charge in [0.15, 0.2) is 0 Å². The van der Waals surface area contributed by atoms with Gasteiger partial charge in [-0.25, -0.2) is 5.01 Å². The third-order valence-electron chi connectivity index (χ3n) is 3.55. The van der Waals surface area contributed by atoms with Crippen LogP contribution in [0, 0.1) is 5.41 Å². The molecule has 2 rings (SSSR count). The van der Waals surface area contributed by atoms with Gasteiger partial charge in [-0.2, -0.15) is 0 Å². The highest BCUT2D eigenvalue weighted by Gasteiger charge is 2.28. The van der Waals surface area contributed by atoms with Gasteiger partial charge in [-0.15, -0.1) is 0 Å². The molecule has 1 atom stereocenters. The molecule has 0 spiro atoms. The predicted octanol–water partition coefficient (Wildman–Crippen LogP) is 3.59. The topological polar surface area (TPSA) is 15.3 Å². The number of benzene rings is 1. The molecule has 1 aromatic carbocycles. The minimum absolute atomic E-state index is 0.418. The molecular formula is C16H26N2. The van der Waals surface area contributed by atoms with Crippen LogP contribution in [0.2, 0.25) is 0 Å². The number of hydrogen-bond acceptors (Lipinski definition) is 2. The van der Waals surface area contributed by atoms with Crippen molar-refractivity contribution in [2.45, 2.75) is 52.6 Å². The average Bonchev–Trinajstić information content (AvgIpc) is 2.73. The van der Waals surface area contributed by atoms with Crippen molar-refractivity contribution < 1.29 is 0 Å². The Hall–Kier alpha value is -0.860. The van der Waals surface area contributed by atoms with Gasteiger partial charge in [-0.05, 0) is 30.2 Å². The van der Waals surface area contributed by atoms with Crippen molar-refractivity contribution >= 4 is 0 Å². The van der Waals surface area contributed by atoms with Gasteiger partial charge in [0, 0.05) is 19.1 Å². The summed E-state index contributed by atoms with van der Waals surface area (Å²) in [5, 5.41) is 2.46. The zero-order chi connectivity index (χ0) is 13.0. The maximum absolute atomic E-state index is 3.60. The van der Waals surface area contributed by atoms with E-state index in [2.05, 4.69) is 61.5 Å². The van der Waals surface area contributed by atoms with E-state index in [9.17, 15) is 0 Å². The summed E-state index contributed by atoms with van der Waals surface area (Å²) in [6, 6.07) is 11.3. The van der Waals surface area contributed by atoms with E-state index in [-0.39, 0.29) is 0 Å². The summed E-state index contributed by atoms with van der Waals surface area (Å²) in [6.45, 7) is 9.14. The van der Waals surface area contributed by atoms with E-state index in [0.29, 0.717) is 11.5 Å². The van der Waals surface area contributed by atoms with Crippen LogP contribution in [0.25, 0.3) is 0 Å². The summed E-state index contributed by atoms with van der Waals surface area (Å²) in [4.78, 5) is 0. The Labute approximate surface area is 111 Å². The van der Waals surface area contributed by atoms with E-state index in [1.54, 1.807) is 0 Å². The van der Waals surface area contributed by atoms with Crippen LogP contribution >= 0.6 is 0 Å². The predicted molar refractivity (Wildman–Crippen MR) is 77.1 cm³/mol. The lowest BCUT2D eigenvalue weighted by Crippen LogP contribution is -2.42. The van der Waals surface area contributed by atoms with E-state index < -0.39 is 0 Å². The molecule has 2 nitrogen and oxygen atoms in total.